The summed E-state index contributed by atoms with van der Waals surface area (Å²) in [6.07, 6.45) is 2.48. The maximum absolute atomic E-state index is 11.8. The number of carbonyl (C=O) groups is 1. The average Bonchev–Trinajstić information content (AvgIpc) is 3.16. The van der Waals surface area contributed by atoms with Crippen molar-refractivity contribution < 1.29 is 4.79 Å². The number of rotatable bonds is 6. The summed E-state index contributed by atoms with van der Waals surface area (Å²) >= 11 is 0. The normalized spacial score (nSPS) is 16.1. The maximum Gasteiger partial charge on any atom is 0.234 e. The smallest absolute Gasteiger partial charge is 0.234 e. The van der Waals surface area contributed by atoms with Gasteiger partial charge in [0.1, 0.15) is 5.52 Å². The van der Waals surface area contributed by atoms with Gasteiger partial charge >= 0.3 is 0 Å². The van der Waals surface area contributed by atoms with Crippen LogP contribution in [-0.2, 0) is 17.3 Å². The zero-order valence-electron chi connectivity index (χ0n) is 21.1. The van der Waals surface area contributed by atoms with E-state index in [2.05, 4.69) is 66.0 Å². The van der Waals surface area contributed by atoms with E-state index in [-0.39, 0.29) is 17.4 Å². The second-order valence-corrected chi connectivity index (χ2v) is 10.2. The average molecular weight is 465 g/mol. The fourth-order valence-electron chi connectivity index (χ4n) is 4.50. The monoisotopic (exact) mass is 464 g/mol. The first kappa shape index (κ1) is 23.9. The van der Waals surface area contributed by atoms with E-state index >= 15 is 0 Å². The number of anilines is 3. The molecule has 1 atom stereocenters. The fourth-order valence-corrected chi connectivity index (χ4v) is 4.50. The summed E-state index contributed by atoms with van der Waals surface area (Å²) in [4.78, 5) is 30.3. The molecule has 182 valence electrons. The highest BCUT2D eigenvalue weighted by molar-refractivity contribution is 5.87. The number of hydrogen-bond acceptors (Lipinski definition) is 7. The molecule has 1 saturated heterocycles. The van der Waals surface area contributed by atoms with E-state index in [0.717, 1.165) is 48.8 Å². The molecule has 3 heterocycles. The van der Waals surface area contributed by atoms with Gasteiger partial charge in [-0.15, -0.1) is 0 Å². The molecular formula is C25H36N8O. The third-order valence-corrected chi connectivity index (χ3v) is 6.67. The number of primary amides is 1. The molecule has 0 bridgehead atoms. The van der Waals surface area contributed by atoms with E-state index in [1.54, 1.807) is 6.33 Å². The molecule has 4 rings (SSSR count). The van der Waals surface area contributed by atoms with Crippen LogP contribution in [0.3, 0.4) is 0 Å². The van der Waals surface area contributed by atoms with Crippen LogP contribution in [0.5, 0.6) is 0 Å². The van der Waals surface area contributed by atoms with Crippen LogP contribution in [-0.4, -0.2) is 62.5 Å². The molecule has 1 fully saturated rings. The lowest BCUT2D eigenvalue weighted by molar-refractivity contribution is -0.123. The SMILES string of the molecule is CCC(C(N)=O)N1CCN(c2nc(Nc3cc(C(C)(C)C)ccc3C)c3c(ncn3C)n2)CC1. The van der Waals surface area contributed by atoms with Crippen LogP contribution in [0.2, 0.25) is 0 Å². The van der Waals surface area contributed by atoms with E-state index in [9.17, 15) is 4.79 Å². The van der Waals surface area contributed by atoms with Crippen LogP contribution >= 0.6 is 0 Å². The molecule has 0 spiro atoms. The van der Waals surface area contributed by atoms with Crippen LogP contribution in [0, 0.1) is 6.92 Å². The molecule has 1 unspecified atom stereocenters. The molecule has 1 aliphatic heterocycles. The maximum atomic E-state index is 11.8. The van der Waals surface area contributed by atoms with Gasteiger partial charge in [-0.2, -0.15) is 9.97 Å². The van der Waals surface area contributed by atoms with Crippen LogP contribution in [0.4, 0.5) is 17.5 Å². The molecule has 0 saturated carbocycles. The van der Waals surface area contributed by atoms with Crippen LogP contribution < -0.4 is 16.0 Å². The Hall–Kier alpha value is -3.20. The molecule has 1 aromatic carbocycles. The minimum absolute atomic E-state index is 0.0454. The van der Waals surface area contributed by atoms with Gasteiger partial charge in [0.05, 0.1) is 12.4 Å². The first-order chi connectivity index (χ1) is 16.1. The van der Waals surface area contributed by atoms with E-state index < -0.39 is 0 Å². The van der Waals surface area contributed by atoms with E-state index in [1.165, 1.54) is 5.56 Å². The van der Waals surface area contributed by atoms with Crippen molar-refractivity contribution in [1.82, 2.24) is 24.4 Å². The number of imidazole rings is 1. The van der Waals surface area contributed by atoms with Gasteiger partial charge < -0.3 is 20.5 Å². The Morgan fingerprint density at radius 2 is 1.88 bits per heavy atom. The highest BCUT2D eigenvalue weighted by Crippen LogP contribution is 2.31. The molecule has 0 radical (unpaired) electrons. The van der Waals surface area contributed by atoms with Crippen LogP contribution in [0.25, 0.3) is 11.2 Å². The van der Waals surface area contributed by atoms with Crippen molar-refractivity contribution in [3.8, 4) is 0 Å². The number of amides is 1. The second kappa shape index (κ2) is 9.21. The van der Waals surface area contributed by atoms with Gasteiger partial charge in [0.15, 0.2) is 11.5 Å². The van der Waals surface area contributed by atoms with E-state index in [4.69, 9.17) is 15.7 Å². The number of benzene rings is 1. The van der Waals surface area contributed by atoms with Crippen LogP contribution in [0.15, 0.2) is 24.5 Å². The molecule has 1 amide bonds. The first-order valence-corrected chi connectivity index (χ1v) is 11.9. The fraction of sp³-hybridized carbons (Fsp3) is 0.520. The molecule has 2 aromatic heterocycles. The summed E-state index contributed by atoms with van der Waals surface area (Å²) in [5.74, 6) is 1.12. The Morgan fingerprint density at radius 1 is 1.18 bits per heavy atom. The van der Waals surface area contributed by atoms with Gasteiger partial charge in [-0.25, -0.2) is 4.98 Å². The van der Waals surface area contributed by atoms with Crippen LogP contribution in [0.1, 0.15) is 45.2 Å². The third-order valence-electron chi connectivity index (χ3n) is 6.67. The van der Waals surface area contributed by atoms with Crippen molar-refractivity contribution in [1.29, 1.82) is 0 Å². The summed E-state index contributed by atoms with van der Waals surface area (Å²) in [5.41, 5.74) is 10.6. The molecular weight excluding hydrogens is 428 g/mol. The summed E-state index contributed by atoms with van der Waals surface area (Å²) in [6.45, 7) is 13.6. The number of nitrogens with one attached hydrogen (secondary N) is 1. The minimum atomic E-state index is -0.263. The molecule has 9 nitrogen and oxygen atoms in total. The lowest BCUT2D eigenvalue weighted by Gasteiger charge is -2.37. The van der Waals surface area contributed by atoms with Gasteiger partial charge in [0, 0.05) is 38.9 Å². The minimum Gasteiger partial charge on any atom is -0.368 e. The molecule has 9 heteroatoms. The first-order valence-electron chi connectivity index (χ1n) is 11.9. The molecule has 0 aliphatic carbocycles. The standard InChI is InChI=1S/C25H36N8O/c1-7-19(21(26)34)32-10-12-33(13-11-32)24-29-22-20(31(6)15-27-22)23(30-24)28-18-14-17(25(3,4)5)9-8-16(18)2/h8-9,14-15,19H,7,10-13H2,1-6H3,(H2,26,34)(H,28,29,30). The van der Waals surface area contributed by atoms with Crippen molar-refractivity contribution in [2.45, 2.75) is 52.5 Å². The zero-order valence-corrected chi connectivity index (χ0v) is 21.1. The Morgan fingerprint density at radius 3 is 2.50 bits per heavy atom. The Bertz CT molecular complexity index is 1190. The number of aryl methyl sites for hydroxylation is 2. The quantitative estimate of drug-likeness (QED) is 0.577. The topological polar surface area (TPSA) is 105 Å². The number of nitrogens with two attached hydrogens (primary N) is 1. The predicted molar refractivity (Wildman–Crippen MR) is 137 cm³/mol. The van der Waals surface area contributed by atoms with Crippen molar-refractivity contribution in [2.24, 2.45) is 12.8 Å². The van der Waals surface area contributed by atoms with Gasteiger partial charge in [0.25, 0.3) is 0 Å². The largest absolute Gasteiger partial charge is 0.368 e. The third kappa shape index (κ3) is 4.70. The summed E-state index contributed by atoms with van der Waals surface area (Å²) in [7, 11) is 1.95. The van der Waals surface area contributed by atoms with Crippen molar-refractivity contribution in [3.63, 3.8) is 0 Å². The number of fused-ring (bicyclic) bond motifs is 1. The molecule has 3 aromatic rings. The van der Waals surface area contributed by atoms with Gasteiger partial charge in [-0.05, 0) is 36.0 Å². The Balaban J connectivity index is 1.65. The molecule has 3 N–H and O–H groups in total. The van der Waals surface area contributed by atoms with Crippen molar-refractivity contribution in [3.05, 3.63) is 35.7 Å². The van der Waals surface area contributed by atoms with Gasteiger partial charge in [0.2, 0.25) is 11.9 Å². The van der Waals surface area contributed by atoms with Crippen molar-refractivity contribution >= 4 is 34.5 Å². The lowest BCUT2D eigenvalue weighted by Crippen LogP contribution is -2.54. The number of piperazine rings is 1. The van der Waals surface area contributed by atoms with Gasteiger partial charge in [-0.1, -0.05) is 39.8 Å². The number of nitrogens with zero attached hydrogens (tertiary/aromatic N) is 6. The second-order valence-electron chi connectivity index (χ2n) is 10.2. The Kier molecular flexibility index (Phi) is 6.49. The molecule has 34 heavy (non-hydrogen) atoms. The Labute approximate surface area is 201 Å². The van der Waals surface area contributed by atoms with Gasteiger partial charge in [-0.3, -0.25) is 9.69 Å². The zero-order chi connectivity index (χ0) is 24.6. The molecule has 1 aliphatic rings. The predicted octanol–water partition coefficient (Wildman–Crippen LogP) is 3.10. The number of carbonyl (C=O) groups excluding carboxylic acids is 1. The summed E-state index contributed by atoms with van der Waals surface area (Å²) in [5, 5.41) is 3.57. The lowest BCUT2D eigenvalue weighted by atomic mass is 9.86. The summed E-state index contributed by atoms with van der Waals surface area (Å²) in [6, 6.07) is 6.30. The number of aromatic nitrogens is 4. The highest BCUT2D eigenvalue weighted by atomic mass is 16.1. The van der Waals surface area contributed by atoms with Crippen molar-refractivity contribution in [2.75, 3.05) is 36.4 Å². The summed E-state index contributed by atoms with van der Waals surface area (Å²) < 4.78 is 1.95. The van der Waals surface area contributed by atoms with E-state index in [1.807, 2.05) is 18.5 Å². The highest BCUT2D eigenvalue weighted by Gasteiger charge is 2.28. The van der Waals surface area contributed by atoms with E-state index in [0.29, 0.717) is 18.0 Å². The number of hydrogen-bond donors (Lipinski definition) is 2.